The Bertz CT molecular complexity index is 3210. The molecule has 522 valence electrons. The molecule has 1 saturated heterocycles. The molecule has 1 unspecified atom stereocenters. The quantitative estimate of drug-likeness (QED) is 0.0118. The van der Waals surface area contributed by atoms with Gasteiger partial charge < -0.3 is 66.8 Å². The van der Waals surface area contributed by atoms with Gasteiger partial charge in [-0.3, -0.25) is 43.3 Å². The number of likely N-dealkylation sites (tertiary alicyclic amines) is 1. The molecule has 9 N–H and O–H groups in total. The zero-order chi connectivity index (χ0) is 70.2. The maximum Gasteiger partial charge on any atom is 0.312 e. The van der Waals surface area contributed by atoms with Crippen LogP contribution >= 0.6 is 11.8 Å². The number of anilines is 1. The van der Waals surface area contributed by atoms with Gasteiger partial charge in [-0.25, -0.2) is 14.8 Å². The van der Waals surface area contributed by atoms with Gasteiger partial charge in [-0.15, -0.1) is 11.8 Å². The Labute approximate surface area is 564 Å². The molecule has 1 aliphatic heterocycles. The first-order valence-corrected chi connectivity index (χ1v) is 34.1. The SMILES string of the molecule is C=C(CC)[C@@H]([C@@H](CC(=O)N1CCC[C@H]1[C@H](OC)[C@@H](C)C(=O)N[C@@H](Cc1ccccc1)C(=O)NCc1ccc(NC(=O)C(CCCNC(N)=O)NC(=O)[C@@H](NC(=O)CCCn2ccc3c(SC)ncnc32)C(C)C)cc1)OC)N(C)C(=O)[C@@H](NC(=O)[C@H](C(C)C)N(C)C)C(C)C. The van der Waals surface area contributed by atoms with Crippen molar-refractivity contribution in [2.75, 3.05) is 60.0 Å². The Morgan fingerprint density at radius 3 is 2.01 bits per heavy atom. The molecule has 0 radical (unpaired) electrons. The molecule has 0 bridgehead atoms. The van der Waals surface area contributed by atoms with E-state index in [1.165, 1.54) is 37.2 Å². The van der Waals surface area contributed by atoms with Crippen molar-refractivity contribution >= 4 is 81.8 Å². The number of nitrogens with two attached hydrogens (primary N) is 1. The number of aryl methyl sites for hydroxylation is 1. The summed E-state index contributed by atoms with van der Waals surface area (Å²) < 4.78 is 14.1. The monoisotopic (exact) mass is 1340 g/mol. The molecule has 25 nitrogen and oxygen atoms in total. The van der Waals surface area contributed by atoms with E-state index in [0.29, 0.717) is 55.6 Å². The number of ether oxygens (including phenoxy) is 2. The van der Waals surface area contributed by atoms with Crippen LogP contribution in [0.15, 0.2) is 90.4 Å². The molecule has 0 aliphatic carbocycles. The maximum absolute atomic E-state index is 14.6. The highest BCUT2D eigenvalue weighted by atomic mass is 32.2. The van der Waals surface area contributed by atoms with Crippen LogP contribution in [-0.4, -0.2) is 192 Å². The van der Waals surface area contributed by atoms with Crippen LogP contribution in [0.4, 0.5) is 10.5 Å². The third kappa shape index (κ3) is 22.3. The van der Waals surface area contributed by atoms with Crippen molar-refractivity contribution in [1.29, 1.82) is 0 Å². The number of aromatic nitrogens is 3. The predicted octanol–water partition coefficient (Wildman–Crippen LogP) is 5.56. The second kappa shape index (κ2) is 38.0. The van der Waals surface area contributed by atoms with Gasteiger partial charge in [0, 0.05) is 72.2 Å². The largest absolute Gasteiger partial charge is 0.378 e. The van der Waals surface area contributed by atoms with E-state index in [1.54, 1.807) is 57.0 Å². The Hall–Kier alpha value is -7.94. The van der Waals surface area contributed by atoms with Gasteiger partial charge in [0.1, 0.15) is 41.2 Å². The van der Waals surface area contributed by atoms with Crippen molar-refractivity contribution in [3.8, 4) is 0 Å². The summed E-state index contributed by atoms with van der Waals surface area (Å²) in [6.45, 7) is 20.3. The molecular formula is C69H104N14O11S. The summed E-state index contributed by atoms with van der Waals surface area (Å²) >= 11 is 1.52. The number of carbonyl (C=O) groups excluding carboxylic acids is 9. The van der Waals surface area contributed by atoms with Crippen LogP contribution in [0.3, 0.4) is 0 Å². The third-order valence-electron chi connectivity index (χ3n) is 17.5. The number of likely N-dealkylation sites (N-methyl/N-ethyl adjacent to an activating group) is 2. The first-order chi connectivity index (χ1) is 45.1. The average molecular weight is 1340 g/mol. The lowest BCUT2D eigenvalue weighted by molar-refractivity contribution is -0.145. The molecule has 3 heterocycles. The van der Waals surface area contributed by atoms with E-state index in [1.807, 2.05) is 107 Å². The lowest BCUT2D eigenvalue weighted by atomic mass is 9.92. The topological polar surface area (TPSA) is 323 Å². The van der Waals surface area contributed by atoms with E-state index >= 15 is 0 Å². The molecule has 26 heteroatoms. The number of amides is 10. The maximum atomic E-state index is 14.6. The summed E-state index contributed by atoms with van der Waals surface area (Å²) in [6.07, 6.45) is 6.49. The third-order valence-corrected chi connectivity index (χ3v) is 18.2. The molecule has 4 aromatic rings. The van der Waals surface area contributed by atoms with Gasteiger partial charge in [-0.05, 0) is 106 Å². The second-order valence-corrected chi connectivity index (χ2v) is 26.5. The van der Waals surface area contributed by atoms with Crippen molar-refractivity contribution in [3.63, 3.8) is 0 Å². The number of fused-ring (bicyclic) bond motifs is 1. The summed E-state index contributed by atoms with van der Waals surface area (Å²) in [5.74, 6) is -4.67. The van der Waals surface area contributed by atoms with E-state index < -0.39 is 90.1 Å². The van der Waals surface area contributed by atoms with Crippen LogP contribution in [0, 0.1) is 23.7 Å². The van der Waals surface area contributed by atoms with Crippen LogP contribution in [0.2, 0.25) is 0 Å². The van der Waals surface area contributed by atoms with Crippen molar-refractivity contribution in [2.24, 2.45) is 29.4 Å². The Kier molecular flexibility index (Phi) is 31.1. The van der Waals surface area contributed by atoms with Crippen LogP contribution in [0.1, 0.15) is 118 Å². The smallest absolute Gasteiger partial charge is 0.312 e. The van der Waals surface area contributed by atoms with Crippen molar-refractivity contribution in [3.05, 3.63) is 96.5 Å². The molecule has 5 rings (SSSR count). The average Bonchev–Trinajstić information content (AvgIpc) is 1.48. The number of nitrogens with one attached hydrogen (secondary N) is 7. The van der Waals surface area contributed by atoms with Crippen LogP contribution in [0.5, 0.6) is 0 Å². The van der Waals surface area contributed by atoms with E-state index in [4.69, 9.17) is 15.2 Å². The lowest BCUT2D eigenvalue weighted by Gasteiger charge is -2.39. The van der Waals surface area contributed by atoms with Gasteiger partial charge in [-0.1, -0.05) is 110 Å². The minimum Gasteiger partial charge on any atom is -0.378 e. The number of hydrogen-bond donors (Lipinski definition) is 8. The first-order valence-electron chi connectivity index (χ1n) is 32.9. The number of primary amides is 1. The fourth-order valence-electron chi connectivity index (χ4n) is 12.3. The molecule has 2 aromatic carbocycles. The summed E-state index contributed by atoms with van der Waals surface area (Å²) in [5, 5.41) is 21.8. The zero-order valence-electron chi connectivity index (χ0n) is 58.0. The number of carbonyl (C=O) groups is 9. The molecule has 95 heavy (non-hydrogen) atoms. The van der Waals surface area contributed by atoms with Crippen molar-refractivity contribution in [2.45, 2.75) is 186 Å². The van der Waals surface area contributed by atoms with Gasteiger partial charge >= 0.3 is 6.03 Å². The summed E-state index contributed by atoms with van der Waals surface area (Å²) in [6, 6.07) is 11.6. The van der Waals surface area contributed by atoms with Crippen molar-refractivity contribution < 1.29 is 52.6 Å². The fourth-order valence-corrected chi connectivity index (χ4v) is 12.8. The number of rotatable bonds is 38. The number of thioether (sulfide) groups is 1. The van der Waals surface area contributed by atoms with Gasteiger partial charge in [0.05, 0.1) is 48.1 Å². The number of urea groups is 1. The molecule has 0 spiro atoms. The molecular weight excluding hydrogens is 1230 g/mol. The van der Waals surface area contributed by atoms with Gasteiger partial charge in [0.25, 0.3) is 0 Å². The van der Waals surface area contributed by atoms with Crippen LogP contribution in [-0.2, 0) is 67.3 Å². The number of hydrogen-bond acceptors (Lipinski definition) is 15. The van der Waals surface area contributed by atoms with Crippen LogP contribution in [0.25, 0.3) is 11.0 Å². The standard InChI is InChI=1S/C69H104N14O11S/c1-16-44(8)59(81(12)68(91)57(42(4)5)79-66(90)58(43(6)7)80(10)11)53(93-13)38-55(85)83-35-21-26-52(83)60(94-14)45(9)62(86)77-51(37-46-23-18-17-19-24-46)63(87)72-39-47-28-30-48(31-29-47)75-64(88)50(25-20-33-71-69(70)92)76-65(89)56(41(2)3)78-54(84)27-22-34-82-36-32-49-61(82)73-40-74-67(49)95-15/h17-19,23-24,28-32,36,40-43,45,50-53,56-60H,8,16,20-22,25-27,33-35,37-39H2,1-7,9-15H3,(H,72,87)(H,75,88)(H,76,89)(H,77,86)(H,78,84)(H,79,90)(H3,70,71,92)/t45-,50?,51+,52+,53-,56+,57+,58+,59+,60-/m1/s1. The van der Waals surface area contributed by atoms with Gasteiger partial charge in [0.15, 0.2) is 0 Å². The van der Waals surface area contributed by atoms with Crippen LogP contribution < -0.4 is 43.0 Å². The zero-order valence-corrected chi connectivity index (χ0v) is 58.8. The number of benzene rings is 2. The Morgan fingerprint density at radius 2 is 1.41 bits per heavy atom. The second-order valence-electron chi connectivity index (χ2n) is 25.7. The molecule has 10 atom stereocenters. The van der Waals surface area contributed by atoms with Gasteiger partial charge in [0.2, 0.25) is 47.3 Å². The molecule has 10 amide bonds. The molecule has 2 aromatic heterocycles. The Balaban J connectivity index is 1.22. The highest BCUT2D eigenvalue weighted by Crippen LogP contribution is 2.30. The van der Waals surface area contributed by atoms with E-state index in [2.05, 4.69) is 53.8 Å². The number of nitrogens with zero attached hydrogens (tertiary/aromatic N) is 6. The van der Waals surface area contributed by atoms with E-state index in [9.17, 15) is 43.2 Å². The highest BCUT2D eigenvalue weighted by molar-refractivity contribution is 7.98. The van der Waals surface area contributed by atoms with E-state index in [-0.39, 0.29) is 86.6 Å². The Morgan fingerprint density at radius 1 is 0.737 bits per heavy atom. The highest BCUT2D eigenvalue weighted by Gasteiger charge is 2.43. The molecule has 1 fully saturated rings. The molecule has 0 saturated carbocycles. The van der Waals surface area contributed by atoms with E-state index in [0.717, 1.165) is 21.6 Å². The number of methoxy groups -OCH3 is 2. The summed E-state index contributed by atoms with van der Waals surface area (Å²) in [7, 11) is 8.29. The minimum absolute atomic E-state index is 0.0159. The summed E-state index contributed by atoms with van der Waals surface area (Å²) in [5.41, 5.74) is 8.58. The predicted molar refractivity (Wildman–Crippen MR) is 368 cm³/mol. The fraction of sp³-hybridized carbons (Fsp3) is 0.580. The van der Waals surface area contributed by atoms with Gasteiger partial charge in [-0.2, -0.15) is 0 Å². The molecule has 1 aliphatic rings. The first kappa shape index (κ1) is 77.8. The summed E-state index contributed by atoms with van der Waals surface area (Å²) in [4.78, 5) is 138. The van der Waals surface area contributed by atoms with Crippen molar-refractivity contribution in [1.82, 2.24) is 61.1 Å². The normalized spacial score (nSPS) is 16.0. The minimum atomic E-state index is -1.08. The lowest BCUT2D eigenvalue weighted by Crippen LogP contribution is -2.59.